The summed E-state index contributed by atoms with van der Waals surface area (Å²) in [6, 6.07) is 18.1. The minimum absolute atomic E-state index is 0.0652. The zero-order valence-corrected chi connectivity index (χ0v) is 17.3. The van der Waals surface area contributed by atoms with Crippen molar-refractivity contribution in [2.24, 2.45) is 5.73 Å². The topological polar surface area (TPSA) is 94.3 Å². The summed E-state index contributed by atoms with van der Waals surface area (Å²) in [7, 11) is 0. The standard InChI is InChI=1S/C24H25N3O3/c1-24(2,3)18-10-6-16(7-11-18)22-20(5-4-14-26-22)30-15-21(28)27-19-12-8-17(9-13-19)23(25)29/h4-14H,15H2,1-3H3,(H2,25,29)(H,27,28). The van der Waals surface area contributed by atoms with Crippen LogP contribution in [0.5, 0.6) is 5.75 Å². The van der Waals surface area contributed by atoms with Crippen LogP contribution in [0.2, 0.25) is 0 Å². The second kappa shape index (κ2) is 8.78. The van der Waals surface area contributed by atoms with Crippen molar-refractivity contribution in [3.8, 4) is 17.0 Å². The van der Waals surface area contributed by atoms with E-state index in [4.69, 9.17) is 10.5 Å². The summed E-state index contributed by atoms with van der Waals surface area (Å²) in [5, 5.41) is 2.73. The third kappa shape index (κ3) is 5.23. The molecule has 2 aromatic carbocycles. The van der Waals surface area contributed by atoms with Gasteiger partial charge in [-0.1, -0.05) is 45.0 Å². The van der Waals surface area contributed by atoms with Gasteiger partial charge in [0.05, 0.1) is 0 Å². The third-order valence-corrected chi connectivity index (χ3v) is 4.61. The largest absolute Gasteiger partial charge is 0.481 e. The van der Waals surface area contributed by atoms with E-state index >= 15 is 0 Å². The number of ether oxygens (including phenoxy) is 1. The number of carbonyl (C=O) groups is 2. The SMILES string of the molecule is CC(C)(C)c1ccc(-c2ncccc2OCC(=O)Nc2ccc(C(N)=O)cc2)cc1. The molecule has 0 unspecified atom stereocenters. The van der Waals surface area contributed by atoms with Crippen LogP contribution in [0.25, 0.3) is 11.3 Å². The maximum absolute atomic E-state index is 12.3. The van der Waals surface area contributed by atoms with Crippen molar-refractivity contribution in [1.82, 2.24) is 4.98 Å². The van der Waals surface area contributed by atoms with Crippen LogP contribution in [0.3, 0.4) is 0 Å². The van der Waals surface area contributed by atoms with Gasteiger partial charge < -0.3 is 15.8 Å². The average Bonchev–Trinajstić information content (AvgIpc) is 2.72. The van der Waals surface area contributed by atoms with Gasteiger partial charge in [0, 0.05) is 23.0 Å². The van der Waals surface area contributed by atoms with Crippen molar-refractivity contribution < 1.29 is 14.3 Å². The monoisotopic (exact) mass is 403 g/mol. The van der Waals surface area contributed by atoms with Crippen molar-refractivity contribution >= 4 is 17.5 Å². The average molecular weight is 403 g/mol. The minimum Gasteiger partial charge on any atom is -0.481 e. The lowest BCUT2D eigenvalue weighted by atomic mass is 9.86. The summed E-state index contributed by atoms with van der Waals surface area (Å²) in [4.78, 5) is 27.8. The van der Waals surface area contributed by atoms with Crippen molar-refractivity contribution in [2.75, 3.05) is 11.9 Å². The van der Waals surface area contributed by atoms with E-state index in [0.717, 1.165) is 5.56 Å². The molecule has 0 atom stereocenters. The Bertz CT molecular complexity index is 1040. The van der Waals surface area contributed by atoms with Gasteiger partial charge in [-0.25, -0.2) is 0 Å². The highest BCUT2D eigenvalue weighted by molar-refractivity contribution is 5.95. The molecule has 0 aliphatic heterocycles. The van der Waals surface area contributed by atoms with Gasteiger partial charge in [-0.15, -0.1) is 0 Å². The molecule has 0 aliphatic rings. The first-order valence-electron chi connectivity index (χ1n) is 9.62. The number of rotatable bonds is 6. The summed E-state index contributed by atoms with van der Waals surface area (Å²) in [5.41, 5.74) is 9.03. The van der Waals surface area contributed by atoms with Gasteiger partial charge in [0.15, 0.2) is 6.61 Å². The number of hydrogen-bond acceptors (Lipinski definition) is 4. The molecule has 6 nitrogen and oxygen atoms in total. The molecule has 0 saturated carbocycles. The molecular weight excluding hydrogens is 378 g/mol. The van der Waals surface area contributed by atoms with Crippen LogP contribution in [0.15, 0.2) is 66.9 Å². The van der Waals surface area contributed by atoms with Crippen molar-refractivity contribution in [3.05, 3.63) is 78.0 Å². The van der Waals surface area contributed by atoms with Crippen LogP contribution in [-0.2, 0) is 10.2 Å². The van der Waals surface area contributed by atoms with Gasteiger partial charge in [0.1, 0.15) is 11.4 Å². The number of nitrogens with one attached hydrogen (secondary N) is 1. The zero-order valence-electron chi connectivity index (χ0n) is 17.3. The smallest absolute Gasteiger partial charge is 0.262 e. The Labute approximate surface area is 176 Å². The number of amides is 2. The molecule has 1 heterocycles. The van der Waals surface area contributed by atoms with Crippen molar-refractivity contribution in [3.63, 3.8) is 0 Å². The molecule has 0 saturated heterocycles. The van der Waals surface area contributed by atoms with Crippen LogP contribution in [0.4, 0.5) is 5.69 Å². The lowest BCUT2D eigenvalue weighted by molar-refractivity contribution is -0.118. The fourth-order valence-corrected chi connectivity index (χ4v) is 2.91. The molecule has 0 aliphatic carbocycles. The van der Waals surface area contributed by atoms with E-state index in [1.54, 1.807) is 42.6 Å². The first-order valence-corrected chi connectivity index (χ1v) is 9.62. The fourth-order valence-electron chi connectivity index (χ4n) is 2.91. The van der Waals surface area contributed by atoms with E-state index in [2.05, 4.69) is 43.2 Å². The molecule has 6 heteroatoms. The number of primary amides is 1. The predicted molar refractivity (Wildman–Crippen MR) is 117 cm³/mol. The van der Waals surface area contributed by atoms with Crippen LogP contribution < -0.4 is 15.8 Å². The third-order valence-electron chi connectivity index (χ3n) is 4.61. The van der Waals surface area contributed by atoms with E-state index in [1.807, 2.05) is 12.1 Å². The Hall–Kier alpha value is -3.67. The van der Waals surface area contributed by atoms with Crippen molar-refractivity contribution in [1.29, 1.82) is 0 Å². The number of nitrogens with two attached hydrogens (primary N) is 1. The zero-order chi connectivity index (χ0) is 21.7. The van der Waals surface area contributed by atoms with Gasteiger partial charge >= 0.3 is 0 Å². The lowest BCUT2D eigenvalue weighted by Gasteiger charge is -2.19. The summed E-state index contributed by atoms with van der Waals surface area (Å²) in [6.45, 7) is 6.32. The highest BCUT2D eigenvalue weighted by atomic mass is 16.5. The lowest BCUT2D eigenvalue weighted by Crippen LogP contribution is -2.20. The van der Waals surface area contributed by atoms with Crippen LogP contribution in [0.1, 0.15) is 36.7 Å². The number of aromatic nitrogens is 1. The number of carbonyl (C=O) groups excluding carboxylic acids is 2. The first kappa shape index (κ1) is 21.0. The number of hydrogen-bond donors (Lipinski definition) is 2. The number of pyridine rings is 1. The Kier molecular flexibility index (Phi) is 6.16. The Morgan fingerprint density at radius 3 is 2.27 bits per heavy atom. The normalized spacial score (nSPS) is 11.0. The Morgan fingerprint density at radius 2 is 1.67 bits per heavy atom. The predicted octanol–water partition coefficient (Wildman–Crippen LogP) is 4.16. The van der Waals surface area contributed by atoms with Gasteiger partial charge in [-0.2, -0.15) is 0 Å². The first-order chi connectivity index (χ1) is 14.2. The van der Waals surface area contributed by atoms with Gasteiger partial charge in [0.25, 0.3) is 5.91 Å². The minimum atomic E-state index is -0.518. The Morgan fingerprint density at radius 1 is 1.00 bits per heavy atom. The molecule has 1 aromatic heterocycles. The summed E-state index contributed by atoms with van der Waals surface area (Å²) in [6.07, 6.45) is 1.69. The molecule has 0 bridgehead atoms. The Balaban J connectivity index is 1.67. The molecule has 3 aromatic rings. The molecule has 0 spiro atoms. The highest BCUT2D eigenvalue weighted by Crippen LogP contribution is 2.30. The van der Waals surface area contributed by atoms with Gasteiger partial charge in [-0.3, -0.25) is 14.6 Å². The number of anilines is 1. The van der Waals surface area contributed by atoms with E-state index in [-0.39, 0.29) is 17.9 Å². The second-order valence-corrected chi connectivity index (χ2v) is 7.96. The fraction of sp³-hybridized carbons (Fsp3) is 0.208. The molecule has 154 valence electrons. The molecular formula is C24H25N3O3. The van der Waals surface area contributed by atoms with Crippen molar-refractivity contribution in [2.45, 2.75) is 26.2 Å². The van der Waals surface area contributed by atoms with Crippen LogP contribution in [-0.4, -0.2) is 23.4 Å². The van der Waals surface area contributed by atoms with Gasteiger partial charge in [-0.05, 0) is 47.4 Å². The molecule has 0 fully saturated rings. The second-order valence-electron chi connectivity index (χ2n) is 7.96. The molecule has 3 rings (SSSR count). The maximum Gasteiger partial charge on any atom is 0.262 e. The number of benzene rings is 2. The molecule has 30 heavy (non-hydrogen) atoms. The highest BCUT2D eigenvalue weighted by Gasteiger charge is 2.15. The van der Waals surface area contributed by atoms with Crippen LogP contribution in [0, 0.1) is 0 Å². The number of nitrogens with zero attached hydrogens (tertiary/aromatic N) is 1. The molecule has 0 radical (unpaired) electrons. The van der Waals surface area contributed by atoms with E-state index < -0.39 is 5.91 Å². The van der Waals surface area contributed by atoms with Gasteiger partial charge in [0.2, 0.25) is 5.91 Å². The summed E-state index contributed by atoms with van der Waals surface area (Å²) in [5.74, 6) is -0.309. The van der Waals surface area contributed by atoms with Crippen LogP contribution >= 0.6 is 0 Å². The summed E-state index contributed by atoms with van der Waals surface area (Å²) < 4.78 is 5.74. The quantitative estimate of drug-likeness (QED) is 0.646. The van der Waals surface area contributed by atoms with E-state index in [9.17, 15) is 9.59 Å². The summed E-state index contributed by atoms with van der Waals surface area (Å²) >= 11 is 0. The van der Waals surface area contributed by atoms with E-state index in [1.165, 1.54) is 5.56 Å². The molecule has 2 amide bonds. The van der Waals surface area contributed by atoms with E-state index in [0.29, 0.717) is 22.7 Å². The molecule has 3 N–H and O–H groups in total. The maximum atomic E-state index is 12.3.